The van der Waals surface area contributed by atoms with Gasteiger partial charge >= 0.3 is 0 Å². The summed E-state index contributed by atoms with van der Waals surface area (Å²) < 4.78 is 2.07. The molecule has 0 radical (unpaired) electrons. The van der Waals surface area contributed by atoms with Gasteiger partial charge in [-0.3, -0.25) is 0 Å². The fourth-order valence-electron chi connectivity index (χ4n) is 1.46. The zero-order valence-electron chi connectivity index (χ0n) is 9.39. The van der Waals surface area contributed by atoms with Crippen molar-refractivity contribution >= 4 is 11.3 Å². The molecule has 0 saturated carbocycles. The molecule has 1 N–H and O–H groups in total. The number of aromatic nitrogens is 3. The zero-order valence-corrected chi connectivity index (χ0v) is 10.2. The maximum absolute atomic E-state index is 4.35. The van der Waals surface area contributed by atoms with Crippen LogP contribution in [-0.2, 0) is 13.1 Å². The van der Waals surface area contributed by atoms with Gasteiger partial charge in [0.1, 0.15) is 5.01 Å². The molecule has 0 aliphatic heterocycles. The van der Waals surface area contributed by atoms with Crippen molar-refractivity contribution in [2.75, 3.05) is 6.54 Å². The van der Waals surface area contributed by atoms with Crippen LogP contribution in [0.5, 0.6) is 0 Å². The third-order valence-corrected chi connectivity index (χ3v) is 2.99. The van der Waals surface area contributed by atoms with E-state index in [-0.39, 0.29) is 0 Å². The molecule has 16 heavy (non-hydrogen) atoms. The molecule has 2 heterocycles. The molecule has 0 aromatic carbocycles. The molecule has 4 nitrogen and oxygen atoms in total. The Morgan fingerprint density at radius 1 is 1.44 bits per heavy atom. The summed E-state index contributed by atoms with van der Waals surface area (Å²) in [6.45, 7) is 4.87. The topological polar surface area (TPSA) is 42.7 Å². The first-order valence-corrected chi connectivity index (χ1v) is 6.36. The third kappa shape index (κ3) is 3.15. The molecule has 0 atom stereocenters. The summed E-state index contributed by atoms with van der Waals surface area (Å²) in [6.07, 6.45) is 6.93. The van der Waals surface area contributed by atoms with Gasteiger partial charge in [-0.2, -0.15) is 0 Å². The Hall–Kier alpha value is -1.20. The minimum atomic E-state index is 0.818. The van der Waals surface area contributed by atoms with Crippen LogP contribution < -0.4 is 5.32 Å². The van der Waals surface area contributed by atoms with Crippen molar-refractivity contribution in [1.29, 1.82) is 0 Å². The van der Waals surface area contributed by atoms with Gasteiger partial charge in [-0.25, -0.2) is 9.97 Å². The first-order valence-electron chi connectivity index (χ1n) is 5.48. The number of hydrogen-bond acceptors (Lipinski definition) is 4. The van der Waals surface area contributed by atoms with Gasteiger partial charge in [0.15, 0.2) is 0 Å². The van der Waals surface area contributed by atoms with Gasteiger partial charge in [0.05, 0.1) is 18.6 Å². The van der Waals surface area contributed by atoms with Crippen LogP contribution in [-0.4, -0.2) is 21.1 Å². The zero-order chi connectivity index (χ0) is 11.2. The second kappa shape index (κ2) is 5.77. The molecule has 2 rings (SSSR count). The largest absolute Gasteiger partial charge is 0.330 e. The molecule has 0 spiro atoms. The summed E-state index contributed by atoms with van der Waals surface area (Å²) in [5, 5.41) is 6.45. The number of thiazole rings is 1. The molecule has 2 aromatic heterocycles. The lowest BCUT2D eigenvalue weighted by Crippen LogP contribution is -2.13. The van der Waals surface area contributed by atoms with E-state index in [0.29, 0.717) is 0 Å². The Morgan fingerprint density at radius 3 is 3.12 bits per heavy atom. The van der Waals surface area contributed by atoms with Crippen LogP contribution >= 0.6 is 11.3 Å². The van der Waals surface area contributed by atoms with Crippen LogP contribution in [0.3, 0.4) is 0 Å². The van der Waals surface area contributed by atoms with Crippen LogP contribution in [0.1, 0.15) is 24.0 Å². The third-order valence-electron chi connectivity index (χ3n) is 2.22. The summed E-state index contributed by atoms with van der Waals surface area (Å²) in [5.74, 6) is 0. The van der Waals surface area contributed by atoms with E-state index in [1.807, 2.05) is 17.9 Å². The second-order valence-electron chi connectivity index (χ2n) is 3.64. The Morgan fingerprint density at radius 2 is 2.38 bits per heavy atom. The lowest BCUT2D eigenvalue weighted by atomic mass is 10.4. The van der Waals surface area contributed by atoms with E-state index in [9.17, 15) is 0 Å². The lowest BCUT2D eigenvalue weighted by molar-refractivity contribution is 0.665. The SMILES string of the molecule is CCCNCc1cn(Cc2nccs2)cn1. The van der Waals surface area contributed by atoms with Gasteiger partial charge in [-0.05, 0) is 13.0 Å². The maximum atomic E-state index is 4.35. The minimum Gasteiger partial charge on any atom is -0.330 e. The Bertz CT molecular complexity index is 407. The van der Waals surface area contributed by atoms with Crippen molar-refractivity contribution in [3.8, 4) is 0 Å². The number of hydrogen-bond donors (Lipinski definition) is 1. The molecule has 0 amide bonds. The highest BCUT2D eigenvalue weighted by Gasteiger charge is 2.00. The predicted octanol–water partition coefficient (Wildman–Crippen LogP) is 1.89. The van der Waals surface area contributed by atoms with Crippen LogP contribution in [0.2, 0.25) is 0 Å². The highest BCUT2D eigenvalue weighted by molar-refractivity contribution is 7.09. The van der Waals surface area contributed by atoms with Crippen LogP contribution in [0, 0.1) is 0 Å². The predicted molar refractivity (Wildman–Crippen MR) is 65.4 cm³/mol. The molecule has 0 fully saturated rings. The van der Waals surface area contributed by atoms with Crippen LogP contribution in [0.4, 0.5) is 0 Å². The summed E-state index contributed by atoms with van der Waals surface area (Å²) in [6, 6.07) is 0. The van der Waals surface area contributed by atoms with Crippen LogP contribution in [0.25, 0.3) is 0 Å². The van der Waals surface area contributed by atoms with Crippen molar-refractivity contribution in [2.24, 2.45) is 0 Å². The quantitative estimate of drug-likeness (QED) is 0.779. The van der Waals surface area contributed by atoms with Crippen molar-refractivity contribution in [2.45, 2.75) is 26.4 Å². The highest BCUT2D eigenvalue weighted by atomic mass is 32.1. The Labute approximate surface area is 99.4 Å². The summed E-state index contributed by atoms with van der Waals surface area (Å²) in [5.41, 5.74) is 1.09. The first-order chi connectivity index (χ1) is 7.88. The fraction of sp³-hybridized carbons (Fsp3) is 0.455. The van der Waals surface area contributed by atoms with Gasteiger partial charge in [0.25, 0.3) is 0 Å². The molecule has 0 unspecified atom stereocenters. The van der Waals surface area contributed by atoms with E-state index in [1.54, 1.807) is 11.3 Å². The van der Waals surface area contributed by atoms with E-state index in [4.69, 9.17) is 0 Å². The molecule has 86 valence electrons. The van der Waals surface area contributed by atoms with E-state index in [0.717, 1.165) is 36.8 Å². The molecular formula is C11H16N4S. The van der Waals surface area contributed by atoms with Crippen molar-refractivity contribution in [1.82, 2.24) is 19.9 Å². The van der Waals surface area contributed by atoms with Gasteiger partial charge in [-0.1, -0.05) is 6.92 Å². The first kappa shape index (κ1) is 11.3. The summed E-state index contributed by atoms with van der Waals surface area (Å²) in [7, 11) is 0. The van der Waals surface area contributed by atoms with E-state index >= 15 is 0 Å². The van der Waals surface area contributed by atoms with E-state index < -0.39 is 0 Å². The second-order valence-corrected chi connectivity index (χ2v) is 4.62. The average molecular weight is 236 g/mol. The molecule has 0 saturated heterocycles. The van der Waals surface area contributed by atoms with Crippen molar-refractivity contribution < 1.29 is 0 Å². The Kier molecular flexibility index (Phi) is 4.07. The van der Waals surface area contributed by atoms with Gasteiger partial charge in [0, 0.05) is 24.3 Å². The molecule has 0 aliphatic rings. The molecule has 5 heteroatoms. The molecular weight excluding hydrogens is 220 g/mol. The molecule has 0 aliphatic carbocycles. The summed E-state index contributed by atoms with van der Waals surface area (Å²) >= 11 is 1.67. The Balaban J connectivity index is 1.87. The number of nitrogens with zero attached hydrogens (tertiary/aromatic N) is 3. The van der Waals surface area contributed by atoms with Crippen LogP contribution in [0.15, 0.2) is 24.1 Å². The number of nitrogens with one attached hydrogen (secondary N) is 1. The van der Waals surface area contributed by atoms with Gasteiger partial charge in [0.2, 0.25) is 0 Å². The van der Waals surface area contributed by atoms with E-state index in [2.05, 4.69) is 33.0 Å². The highest BCUT2D eigenvalue weighted by Crippen LogP contribution is 2.07. The number of imidazole rings is 1. The van der Waals surface area contributed by atoms with E-state index in [1.165, 1.54) is 0 Å². The van der Waals surface area contributed by atoms with Gasteiger partial charge in [-0.15, -0.1) is 11.3 Å². The average Bonchev–Trinajstić information content (AvgIpc) is 2.91. The van der Waals surface area contributed by atoms with Crippen molar-refractivity contribution in [3.05, 3.63) is 34.8 Å². The smallest absolute Gasteiger partial charge is 0.112 e. The molecule has 0 bridgehead atoms. The standard InChI is InChI=1S/C11H16N4S/c1-2-3-12-6-10-7-15(9-14-10)8-11-13-4-5-16-11/h4-5,7,9,12H,2-3,6,8H2,1H3. The summed E-state index contributed by atoms with van der Waals surface area (Å²) in [4.78, 5) is 8.60. The lowest BCUT2D eigenvalue weighted by Gasteiger charge is -1.99. The van der Waals surface area contributed by atoms with Crippen molar-refractivity contribution in [3.63, 3.8) is 0 Å². The maximum Gasteiger partial charge on any atom is 0.112 e. The van der Waals surface area contributed by atoms with Gasteiger partial charge < -0.3 is 9.88 Å². The molecule has 2 aromatic rings. The fourth-order valence-corrected chi connectivity index (χ4v) is 2.09. The monoisotopic (exact) mass is 236 g/mol. The minimum absolute atomic E-state index is 0.818. The number of rotatable bonds is 6. The normalized spacial score (nSPS) is 10.8.